The van der Waals surface area contributed by atoms with Crippen LogP contribution in [0.15, 0.2) is 15.3 Å². The van der Waals surface area contributed by atoms with Crippen LogP contribution in [-0.4, -0.2) is 71.0 Å². The van der Waals surface area contributed by atoms with Gasteiger partial charge in [0.15, 0.2) is 0 Å². The first-order chi connectivity index (χ1) is 11.1. The first-order valence-corrected chi connectivity index (χ1v) is 7.63. The SMILES string of the molecule is CC1=NN(C)C(=O)C1C1(C2C(=O)N(C)N=C2C)C(=O)N(C)N=C1C. The fourth-order valence-corrected chi connectivity index (χ4v) is 4.07. The van der Waals surface area contributed by atoms with Gasteiger partial charge in [-0.2, -0.15) is 15.3 Å². The highest BCUT2D eigenvalue weighted by molar-refractivity contribution is 6.27. The molecule has 3 aliphatic heterocycles. The minimum absolute atomic E-state index is 0.319. The summed E-state index contributed by atoms with van der Waals surface area (Å²) in [6.45, 7) is 5.07. The third-order valence-corrected chi connectivity index (χ3v) is 5.04. The second kappa shape index (κ2) is 4.96. The molecule has 0 aromatic carbocycles. The van der Waals surface area contributed by atoms with Crippen LogP contribution in [0.4, 0.5) is 0 Å². The Hall–Kier alpha value is -2.58. The molecule has 0 aliphatic carbocycles. The molecule has 3 amide bonds. The van der Waals surface area contributed by atoms with Crippen LogP contribution in [0, 0.1) is 17.3 Å². The number of rotatable bonds is 2. The van der Waals surface area contributed by atoms with Crippen molar-refractivity contribution >= 4 is 34.9 Å². The highest BCUT2D eigenvalue weighted by Gasteiger charge is 2.67. The van der Waals surface area contributed by atoms with Gasteiger partial charge in [0.25, 0.3) is 17.7 Å². The molecule has 24 heavy (non-hydrogen) atoms. The van der Waals surface area contributed by atoms with Crippen molar-refractivity contribution in [3.8, 4) is 0 Å². The molecule has 0 saturated heterocycles. The molecule has 2 atom stereocenters. The van der Waals surface area contributed by atoms with Crippen molar-refractivity contribution in [3.63, 3.8) is 0 Å². The van der Waals surface area contributed by atoms with Crippen molar-refractivity contribution in [2.24, 2.45) is 32.6 Å². The Balaban J connectivity index is 2.26. The molecular weight excluding hydrogens is 312 g/mol. The summed E-state index contributed by atoms with van der Waals surface area (Å²) in [4.78, 5) is 38.7. The Bertz CT molecular complexity index is 710. The second-order valence-corrected chi connectivity index (χ2v) is 6.46. The van der Waals surface area contributed by atoms with Gasteiger partial charge in [-0.1, -0.05) is 0 Å². The first-order valence-electron chi connectivity index (χ1n) is 7.63. The minimum atomic E-state index is -1.42. The Morgan fingerprint density at radius 1 is 0.750 bits per heavy atom. The molecule has 0 spiro atoms. The van der Waals surface area contributed by atoms with Crippen LogP contribution >= 0.6 is 0 Å². The van der Waals surface area contributed by atoms with Gasteiger partial charge in [0, 0.05) is 32.6 Å². The largest absolute Gasteiger partial charge is 0.272 e. The van der Waals surface area contributed by atoms with E-state index >= 15 is 0 Å². The van der Waals surface area contributed by atoms with Crippen LogP contribution < -0.4 is 0 Å². The van der Waals surface area contributed by atoms with Gasteiger partial charge in [0.2, 0.25) is 0 Å². The van der Waals surface area contributed by atoms with E-state index in [4.69, 9.17) is 0 Å². The number of nitrogens with zero attached hydrogens (tertiary/aromatic N) is 6. The number of amides is 3. The molecule has 3 rings (SSSR count). The van der Waals surface area contributed by atoms with Crippen molar-refractivity contribution in [3.05, 3.63) is 0 Å². The molecule has 0 aromatic heterocycles. The van der Waals surface area contributed by atoms with Gasteiger partial charge in [-0.3, -0.25) is 14.4 Å². The van der Waals surface area contributed by atoms with Gasteiger partial charge in [-0.15, -0.1) is 0 Å². The van der Waals surface area contributed by atoms with Gasteiger partial charge in [0.05, 0.1) is 5.71 Å². The smallest absolute Gasteiger partial charge is 0.256 e. The van der Waals surface area contributed by atoms with E-state index < -0.39 is 17.3 Å². The van der Waals surface area contributed by atoms with Crippen molar-refractivity contribution < 1.29 is 14.4 Å². The maximum atomic E-state index is 13.2. The molecule has 2 unspecified atom stereocenters. The van der Waals surface area contributed by atoms with E-state index in [0.717, 1.165) is 0 Å². The zero-order valence-corrected chi connectivity index (χ0v) is 14.6. The molecule has 0 fully saturated rings. The Labute approximate surface area is 139 Å². The van der Waals surface area contributed by atoms with E-state index in [2.05, 4.69) is 15.3 Å². The van der Waals surface area contributed by atoms with E-state index in [9.17, 15) is 14.4 Å². The summed E-state index contributed by atoms with van der Waals surface area (Å²) in [5, 5.41) is 16.3. The van der Waals surface area contributed by atoms with E-state index in [1.807, 2.05) is 0 Å². The van der Waals surface area contributed by atoms with Gasteiger partial charge >= 0.3 is 0 Å². The fraction of sp³-hybridized carbons (Fsp3) is 0.600. The lowest BCUT2D eigenvalue weighted by Crippen LogP contribution is -2.58. The summed E-state index contributed by atoms with van der Waals surface area (Å²) >= 11 is 0. The Kier molecular flexibility index (Phi) is 3.36. The molecule has 9 heteroatoms. The number of carbonyl (C=O) groups excluding carboxylic acids is 3. The predicted molar refractivity (Wildman–Crippen MR) is 87.1 cm³/mol. The summed E-state index contributed by atoms with van der Waals surface area (Å²) in [5.74, 6) is -2.75. The van der Waals surface area contributed by atoms with Gasteiger partial charge in [-0.25, -0.2) is 15.0 Å². The normalized spacial score (nSPS) is 33.5. The van der Waals surface area contributed by atoms with Gasteiger partial charge in [0.1, 0.15) is 17.3 Å². The summed E-state index contributed by atoms with van der Waals surface area (Å²) in [5.41, 5.74) is 0.00711. The van der Waals surface area contributed by atoms with E-state index in [-0.39, 0.29) is 17.7 Å². The van der Waals surface area contributed by atoms with E-state index in [1.165, 1.54) is 22.1 Å². The summed E-state index contributed by atoms with van der Waals surface area (Å²) < 4.78 is 0. The Morgan fingerprint density at radius 3 is 1.42 bits per heavy atom. The third-order valence-electron chi connectivity index (χ3n) is 5.04. The van der Waals surface area contributed by atoms with Gasteiger partial charge < -0.3 is 0 Å². The lowest BCUT2D eigenvalue weighted by Gasteiger charge is -2.36. The van der Waals surface area contributed by atoms with Crippen LogP contribution in [0.25, 0.3) is 0 Å². The lowest BCUT2D eigenvalue weighted by molar-refractivity contribution is -0.148. The molecule has 128 valence electrons. The lowest BCUT2D eigenvalue weighted by atomic mass is 9.60. The zero-order chi connectivity index (χ0) is 18.0. The monoisotopic (exact) mass is 332 g/mol. The van der Waals surface area contributed by atoms with Crippen LogP contribution in [0.3, 0.4) is 0 Å². The van der Waals surface area contributed by atoms with Crippen molar-refractivity contribution in [1.29, 1.82) is 0 Å². The molecule has 0 bridgehead atoms. The van der Waals surface area contributed by atoms with Crippen molar-refractivity contribution in [1.82, 2.24) is 15.0 Å². The van der Waals surface area contributed by atoms with Crippen molar-refractivity contribution in [2.75, 3.05) is 21.1 Å². The zero-order valence-electron chi connectivity index (χ0n) is 14.6. The van der Waals surface area contributed by atoms with Crippen LogP contribution in [-0.2, 0) is 14.4 Å². The number of carbonyl (C=O) groups is 3. The number of hydrogen-bond donors (Lipinski definition) is 0. The second-order valence-electron chi connectivity index (χ2n) is 6.46. The van der Waals surface area contributed by atoms with Crippen LogP contribution in [0.1, 0.15) is 20.8 Å². The van der Waals surface area contributed by atoms with E-state index in [0.29, 0.717) is 17.1 Å². The molecule has 0 saturated carbocycles. The summed E-state index contributed by atoms with van der Waals surface area (Å²) in [6.07, 6.45) is 0. The van der Waals surface area contributed by atoms with Crippen LogP contribution in [0.5, 0.6) is 0 Å². The van der Waals surface area contributed by atoms with Crippen LogP contribution in [0.2, 0.25) is 0 Å². The average molecular weight is 332 g/mol. The maximum absolute atomic E-state index is 13.2. The summed E-state index contributed by atoms with van der Waals surface area (Å²) in [7, 11) is 4.61. The average Bonchev–Trinajstić information content (AvgIpc) is 2.98. The number of hydrogen-bond acceptors (Lipinski definition) is 6. The quantitative estimate of drug-likeness (QED) is 0.697. The topological polar surface area (TPSA) is 98.0 Å². The third kappa shape index (κ3) is 1.75. The van der Waals surface area contributed by atoms with Crippen molar-refractivity contribution in [2.45, 2.75) is 20.8 Å². The molecule has 3 heterocycles. The van der Waals surface area contributed by atoms with Gasteiger partial charge in [-0.05, 0) is 20.8 Å². The molecule has 0 N–H and O–H groups in total. The summed E-state index contributed by atoms with van der Waals surface area (Å²) in [6, 6.07) is 0. The highest BCUT2D eigenvalue weighted by Crippen LogP contribution is 2.48. The molecule has 9 nitrogen and oxygen atoms in total. The minimum Gasteiger partial charge on any atom is -0.272 e. The fourth-order valence-electron chi connectivity index (χ4n) is 4.07. The first kappa shape index (κ1) is 16.3. The standard InChI is InChI=1S/C15H20N6O3/c1-7-10(12(22)19(4)16-7)15(9(3)18-21(6)14(15)24)11-8(2)17-20(5)13(11)23/h10-11H,1-6H3. The highest BCUT2D eigenvalue weighted by atomic mass is 16.2. The molecule has 0 radical (unpaired) electrons. The molecule has 3 aliphatic rings. The maximum Gasteiger partial charge on any atom is 0.256 e. The molecular formula is C15H20N6O3. The van der Waals surface area contributed by atoms with E-state index in [1.54, 1.807) is 34.9 Å². The Morgan fingerprint density at radius 2 is 1.17 bits per heavy atom. The number of hydrazone groups is 3. The molecule has 0 aromatic rings. The predicted octanol–water partition coefficient (Wildman–Crippen LogP) is -0.251.